The molecule has 0 aromatic heterocycles. The monoisotopic (exact) mass is 291 g/mol. The molecule has 0 saturated heterocycles. The van der Waals surface area contributed by atoms with Crippen molar-refractivity contribution >= 4 is 17.5 Å². The first-order valence-electron chi connectivity index (χ1n) is 7.49. The van der Waals surface area contributed by atoms with Gasteiger partial charge in [0, 0.05) is 24.3 Å². The maximum absolute atomic E-state index is 12.2. The van der Waals surface area contributed by atoms with E-state index in [0.29, 0.717) is 30.8 Å². The van der Waals surface area contributed by atoms with Crippen molar-refractivity contribution in [1.29, 1.82) is 0 Å². The molecule has 1 rings (SSSR count). The van der Waals surface area contributed by atoms with Crippen molar-refractivity contribution in [3.05, 3.63) is 29.8 Å². The number of rotatable bonds is 7. The molecule has 5 heteroatoms. The third-order valence-corrected chi connectivity index (χ3v) is 3.39. The molecular formula is C16H25N3O2. The van der Waals surface area contributed by atoms with Gasteiger partial charge in [-0.1, -0.05) is 13.3 Å². The highest BCUT2D eigenvalue weighted by Gasteiger charge is 2.14. The molecule has 0 saturated carbocycles. The molecule has 1 aromatic rings. The minimum absolute atomic E-state index is 0.000519. The standard InChI is InChI=1S/C16H25N3O2/c1-4-7-14(17)15(20)18-13-10-8-12(9-11-13)16(21)19(5-2)6-3/h8-11,14H,4-7,17H2,1-3H3,(H,18,20)/t14-/m1/s1. The van der Waals surface area contributed by atoms with E-state index in [1.807, 2.05) is 20.8 Å². The Morgan fingerprint density at radius 1 is 1.14 bits per heavy atom. The fourth-order valence-electron chi connectivity index (χ4n) is 2.07. The van der Waals surface area contributed by atoms with Crippen LogP contribution in [0.15, 0.2) is 24.3 Å². The van der Waals surface area contributed by atoms with E-state index in [0.717, 1.165) is 6.42 Å². The highest BCUT2D eigenvalue weighted by molar-refractivity contribution is 5.97. The Bertz CT molecular complexity index is 467. The molecule has 0 aliphatic carbocycles. The van der Waals surface area contributed by atoms with E-state index in [2.05, 4.69) is 5.32 Å². The summed E-state index contributed by atoms with van der Waals surface area (Å²) in [6.45, 7) is 7.25. The molecule has 21 heavy (non-hydrogen) atoms. The Balaban J connectivity index is 2.70. The Kier molecular flexibility index (Phi) is 6.88. The highest BCUT2D eigenvalue weighted by Crippen LogP contribution is 2.12. The van der Waals surface area contributed by atoms with Gasteiger partial charge in [-0.2, -0.15) is 0 Å². The van der Waals surface area contributed by atoms with Crippen LogP contribution in [0.3, 0.4) is 0 Å². The van der Waals surface area contributed by atoms with Gasteiger partial charge in [0.15, 0.2) is 0 Å². The van der Waals surface area contributed by atoms with Gasteiger partial charge in [-0.15, -0.1) is 0 Å². The number of hydrogen-bond donors (Lipinski definition) is 2. The lowest BCUT2D eigenvalue weighted by molar-refractivity contribution is -0.117. The molecule has 0 spiro atoms. The van der Waals surface area contributed by atoms with Gasteiger partial charge in [-0.3, -0.25) is 9.59 Å². The quantitative estimate of drug-likeness (QED) is 0.809. The summed E-state index contributed by atoms with van der Waals surface area (Å²) in [6, 6.07) is 6.41. The van der Waals surface area contributed by atoms with Crippen LogP contribution < -0.4 is 11.1 Å². The number of benzene rings is 1. The van der Waals surface area contributed by atoms with Gasteiger partial charge in [0.25, 0.3) is 5.91 Å². The van der Waals surface area contributed by atoms with Crippen LogP contribution in [0, 0.1) is 0 Å². The van der Waals surface area contributed by atoms with Gasteiger partial charge in [0.2, 0.25) is 5.91 Å². The molecule has 1 atom stereocenters. The number of hydrogen-bond acceptors (Lipinski definition) is 3. The van der Waals surface area contributed by atoms with Crippen LogP contribution in [0.2, 0.25) is 0 Å². The number of carbonyl (C=O) groups is 2. The van der Waals surface area contributed by atoms with Crippen molar-refractivity contribution in [1.82, 2.24) is 4.90 Å². The maximum atomic E-state index is 12.2. The predicted octanol–water partition coefficient (Wildman–Crippen LogP) is 2.23. The van der Waals surface area contributed by atoms with Crippen molar-refractivity contribution in [2.75, 3.05) is 18.4 Å². The number of carbonyl (C=O) groups excluding carboxylic acids is 2. The van der Waals surface area contributed by atoms with Gasteiger partial charge in [0.1, 0.15) is 0 Å². The molecule has 0 heterocycles. The number of amides is 2. The number of nitrogens with two attached hydrogens (primary N) is 1. The summed E-state index contributed by atoms with van der Waals surface area (Å²) in [6.07, 6.45) is 1.52. The molecule has 0 unspecified atom stereocenters. The van der Waals surface area contributed by atoms with Gasteiger partial charge < -0.3 is 16.0 Å². The van der Waals surface area contributed by atoms with Gasteiger partial charge in [-0.25, -0.2) is 0 Å². The molecule has 0 aliphatic rings. The Morgan fingerprint density at radius 2 is 1.71 bits per heavy atom. The van der Waals surface area contributed by atoms with Crippen molar-refractivity contribution in [3.8, 4) is 0 Å². The van der Waals surface area contributed by atoms with Crippen LogP contribution in [-0.2, 0) is 4.79 Å². The van der Waals surface area contributed by atoms with E-state index >= 15 is 0 Å². The fourth-order valence-corrected chi connectivity index (χ4v) is 2.07. The van der Waals surface area contributed by atoms with Crippen molar-refractivity contribution in [3.63, 3.8) is 0 Å². The highest BCUT2D eigenvalue weighted by atomic mass is 16.2. The second kappa shape index (κ2) is 8.42. The normalized spacial score (nSPS) is 11.8. The molecule has 0 bridgehead atoms. The molecule has 116 valence electrons. The Labute approximate surface area is 126 Å². The summed E-state index contributed by atoms with van der Waals surface area (Å²) in [5.74, 6) is -0.194. The summed E-state index contributed by atoms with van der Waals surface area (Å²) in [5.41, 5.74) is 7.03. The lowest BCUT2D eigenvalue weighted by atomic mass is 10.1. The smallest absolute Gasteiger partial charge is 0.253 e. The van der Waals surface area contributed by atoms with Crippen molar-refractivity contribution in [2.45, 2.75) is 39.7 Å². The lowest BCUT2D eigenvalue weighted by Gasteiger charge is -2.18. The Hall–Kier alpha value is -1.88. The molecule has 0 fully saturated rings. The maximum Gasteiger partial charge on any atom is 0.253 e. The van der Waals surface area contributed by atoms with E-state index in [9.17, 15) is 9.59 Å². The van der Waals surface area contributed by atoms with Crippen LogP contribution in [0.4, 0.5) is 5.69 Å². The molecule has 2 amide bonds. The molecule has 3 N–H and O–H groups in total. The summed E-state index contributed by atoms with van der Waals surface area (Å²) in [4.78, 5) is 25.7. The first-order chi connectivity index (χ1) is 10.0. The SMILES string of the molecule is CCC[C@@H](N)C(=O)Nc1ccc(C(=O)N(CC)CC)cc1. The van der Waals surface area contributed by atoms with Crippen LogP contribution in [-0.4, -0.2) is 35.8 Å². The van der Waals surface area contributed by atoms with Crippen LogP contribution in [0.25, 0.3) is 0 Å². The van der Waals surface area contributed by atoms with Crippen LogP contribution >= 0.6 is 0 Å². The van der Waals surface area contributed by atoms with Gasteiger partial charge in [-0.05, 0) is 44.5 Å². The number of anilines is 1. The summed E-state index contributed by atoms with van der Waals surface area (Å²) in [5, 5.41) is 2.76. The van der Waals surface area contributed by atoms with Gasteiger partial charge >= 0.3 is 0 Å². The molecule has 0 radical (unpaired) electrons. The predicted molar refractivity (Wildman–Crippen MR) is 85.2 cm³/mol. The molecular weight excluding hydrogens is 266 g/mol. The lowest BCUT2D eigenvalue weighted by Crippen LogP contribution is -2.35. The van der Waals surface area contributed by atoms with E-state index in [1.54, 1.807) is 29.2 Å². The van der Waals surface area contributed by atoms with E-state index < -0.39 is 6.04 Å². The summed E-state index contributed by atoms with van der Waals surface area (Å²) in [7, 11) is 0. The summed E-state index contributed by atoms with van der Waals surface area (Å²) < 4.78 is 0. The average Bonchev–Trinajstić information content (AvgIpc) is 2.49. The molecule has 1 aromatic carbocycles. The summed E-state index contributed by atoms with van der Waals surface area (Å²) >= 11 is 0. The molecule has 0 aliphatic heterocycles. The first kappa shape index (κ1) is 17.2. The zero-order valence-electron chi connectivity index (χ0n) is 13.1. The van der Waals surface area contributed by atoms with E-state index in [1.165, 1.54) is 0 Å². The van der Waals surface area contributed by atoms with Crippen molar-refractivity contribution < 1.29 is 9.59 Å². The topological polar surface area (TPSA) is 75.4 Å². The minimum Gasteiger partial charge on any atom is -0.339 e. The van der Waals surface area contributed by atoms with Crippen LogP contribution in [0.1, 0.15) is 44.0 Å². The third kappa shape index (κ3) is 4.86. The largest absolute Gasteiger partial charge is 0.339 e. The third-order valence-electron chi connectivity index (χ3n) is 3.39. The fraction of sp³-hybridized carbons (Fsp3) is 0.500. The number of nitrogens with one attached hydrogen (secondary N) is 1. The zero-order chi connectivity index (χ0) is 15.8. The van der Waals surface area contributed by atoms with E-state index in [4.69, 9.17) is 5.73 Å². The first-order valence-corrected chi connectivity index (χ1v) is 7.49. The zero-order valence-corrected chi connectivity index (χ0v) is 13.1. The average molecular weight is 291 g/mol. The van der Waals surface area contributed by atoms with E-state index in [-0.39, 0.29) is 11.8 Å². The minimum atomic E-state index is -0.494. The molecule has 5 nitrogen and oxygen atoms in total. The van der Waals surface area contributed by atoms with Gasteiger partial charge in [0.05, 0.1) is 6.04 Å². The second-order valence-electron chi connectivity index (χ2n) is 4.94. The number of nitrogens with zero attached hydrogens (tertiary/aromatic N) is 1. The van der Waals surface area contributed by atoms with Crippen LogP contribution in [0.5, 0.6) is 0 Å². The Morgan fingerprint density at radius 3 is 2.19 bits per heavy atom. The van der Waals surface area contributed by atoms with Crippen molar-refractivity contribution in [2.24, 2.45) is 5.73 Å². The second-order valence-corrected chi connectivity index (χ2v) is 4.94.